The zero-order valence-corrected chi connectivity index (χ0v) is 18.0. The van der Waals surface area contributed by atoms with Crippen LogP contribution in [0.2, 0.25) is 0 Å². The van der Waals surface area contributed by atoms with Gasteiger partial charge in [0.15, 0.2) is 0 Å². The van der Waals surface area contributed by atoms with E-state index < -0.39 is 0 Å². The third-order valence-corrected chi connectivity index (χ3v) is 6.17. The van der Waals surface area contributed by atoms with Crippen molar-refractivity contribution < 1.29 is 9.72 Å². The smallest absolute Gasteiger partial charge is 0.278 e. The number of fused-ring (bicyclic) bond motifs is 1. The Labute approximate surface area is 184 Å². The first-order chi connectivity index (χ1) is 15.0. The Balaban J connectivity index is 1.38. The summed E-state index contributed by atoms with van der Waals surface area (Å²) in [6.45, 7) is 3.30. The van der Waals surface area contributed by atoms with E-state index >= 15 is 0 Å². The minimum atomic E-state index is -0.376. The molecule has 31 heavy (non-hydrogen) atoms. The van der Waals surface area contributed by atoms with Gasteiger partial charge in [0.25, 0.3) is 5.69 Å². The maximum atomic E-state index is 12.4. The van der Waals surface area contributed by atoms with Gasteiger partial charge in [-0.3, -0.25) is 24.8 Å². The lowest BCUT2D eigenvalue weighted by atomic mass is 10.1. The van der Waals surface area contributed by atoms with E-state index in [0.29, 0.717) is 11.9 Å². The van der Waals surface area contributed by atoms with Crippen molar-refractivity contribution in [2.24, 2.45) is 0 Å². The fourth-order valence-corrected chi connectivity index (χ4v) is 4.23. The standard InChI is InChI=1S/C22H23N5O3S/c1-31-17-4-2-16(3-5-17)24-22(28)15-25-10-12-26(13-11-25)20-6-7-21(27(29)30)19-14-23-9-8-18(19)20/h2-9,14H,10-13,15H2,1H3,(H,24,28). The second-order valence-electron chi connectivity index (χ2n) is 7.32. The van der Waals surface area contributed by atoms with Crippen LogP contribution in [0.25, 0.3) is 10.8 Å². The second kappa shape index (κ2) is 9.32. The van der Waals surface area contributed by atoms with Crippen LogP contribution in [0, 0.1) is 10.1 Å². The predicted molar refractivity (Wildman–Crippen MR) is 124 cm³/mol. The number of rotatable bonds is 6. The molecule has 4 rings (SSSR count). The molecule has 2 heterocycles. The quantitative estimate of drug-likeness (QED) is 0.358. The first kappa shape index (κ1) is 21.1. The Kier molecular flexibility index (Phi) is 6.34. The van der Waals surface area contributed by atoms with Gasteiger partial charge < -0.3 is 10.2 Å². The minimum Gasteiger partial charge on any atom is -0.368 e. The van der Waals surface area contributed by atoms with E-state index in [1.54, 1.807) is 36.3 Å². The molecule has 0 spiro atoms. The molecule has 0 aliphatic carbocycles. The van der Waals surface area contributed by atoms with Crippen LogP contribution in [-0.4, -0.2) is 59.7 Å². The van der Waals surface area contributed by atoms with Gasteiger partial charge in [-0.1, -0.05) is 0 Å². The summed E-state index contributed by atoms with van der Waals surface area (Å²) in [7, 11) is 0. The molecule has 1 saturated heterocycles. The number of hydrogen-bond acceptors (Lipinski definition) is 7. The third-order valence-electron chi connectivity index (χ3n) is 5.42. The van der Waals surface area contributed by atoms with Crippen molar-refractivity contribution in [1.82, 2.24) is 9.88 Å². The molecule has 9 heteroatoms. The highest BCUT2D eigenvalue weighted by Gasteiger charge is 2.22. The summed E-state index contributed by atoms with van der Waals surface area (Å²) in [6, 6.07) is 13.0. The van der Waals surface area contributed by atoms with Crippen LogP contribution in [0.15, 0.2) is 59.8 Å². The predicted octanol–water partition coefficient (Wildman–Crippen LogP) is 3.63. The third kappa shape index (κ3) is 4.78. The van der Waals surface area contributed by atoms with Crippen molar-refractivity contribution in [2.75, 3.05) is 49.2 Å². The zero-order valence-electron chi connectivity index (χ0n) is 17.2. The molecule has 1 N–H and O–H groups in total. The molecule has 1 aliphatic heterocycles. The Bertz CT molecular complexity index is 1100. The Morgan fingerprint density at radius 2 is 1.84 bits per heavy atom. The lowest BCUT2D eigenvalue weighted by molar-refractivity contribution is -0.383. The number of carbonyl (C=O) groups is 1. The highest BCUT2D eigenvalue weighted by Crippen LogP contribution is 2.33. The molecule has 0 saturated carbocycles. The summed E-state index contributed by atoms with van der Waals surface area (Å²) in [5.41, 5.74) is 1.82. The summed E-state index contributed by atoms with van der Waals surface area (Å²) >= 11 is 1.66. The largest absolute Gasteiger partial charge is 0.368 e. The van der Waals surface area contributed by atoms with Gasteiger partial charge in [0, 0.05) is 66.3 Å². The van der Waals surface area contributed by atoms with Crippen molar-refractivity contribution in [3.63, 3.8) is 0 Å². The topological polar surface area (TPSA) is 91.6 Å². The van der Waals surface area contributed by atoms with E-state index in [1.807, 2.05) is 36.6 Å². The maximum Gasteiger partial charge on any atom is 0.278 e. The lowest BCUT2D eigenvalue weighted by Gasteiger charge is -2.36. The van der Waals surface area contributed by atoms with Crippen LogP contribution in [0.5, 0.6) is 0 Å². The van der Waals surface area contributed by atoms with Gasteiger partial charge in [0.05, 0.1) is 16.9 Å². The Morgan fingerprint density at radius 1 is 1.10 bits per heavy atom. The van der Waals surface area contributed by atoms with Gasteiger partial charge in [-0.05, 0) is 42.7 Å². The molecule has 1 aromatic heterocycles. The fraction of sp³-hybridized carbons (Fsp3) is 0.273. The zero-order chi connectivity index (χ0) is 21.8. The fourth-order valence-electron chi connectivity index (χ4n) is 3.82. The number of amides is 1. The first-order valence-corrected chi connectivity index (χ1v) is 11.2. The number of hydrogen-bond donors (Lipinski definition) is 1. The van der Waals surface area contributed by atoms with E-state index in [4.69, 9.17) is 0 Å². The van der Waals surface area contributed by atoms with Crippen molar-refractivity contribution in [3.8, 4) is 0 Å². The number of nitrogens with one attached hydrogen (secondary N) is 1. The normalized spacial score (nSPS) is 14.5. The van der Waals surface area contributed by atoms with Crippen LogP contribution in [-0.2, 0) is 4.79 Å². The highest BCUT2D eigenvalue weighted by molar-refractivity contribution is 7.98. The minimum absolute atomic E-state index is 0.0304. The van der Waals surface area contributed by atoms with E-state index in [-0.39, 0.29) is 16.5 Å². The number of thioether (sulfide) groups is 1. The molecule has 0 radical (unpaired) electrons. The molecule has 1 aliphatic rings. The Morgan fingerprint density at radius 3 is 2.52 bits per heavy atom. The average molecular weight is 438 g/mol. The van der Waals surface area contributed by atoms with Crippen LogP contribution >= 0.6 is 11.8 Å². The van der Waals surface area contributed by atoms with Gasteiger partial charge in [-0.2, -0.15) is 0 Å². The number of nitro groups is 1. The van der Waals surface area contributed by atoms with Gasteiger partial charge >= 0.3 is 0 Å². The number of piperazine rings is 1. The van der Waals surface area contributed by atoms with Crippen LogP contribution in [0.4, 0.5) is 17.1 Å². The highest BCUT2D eigenvalue weighted by atomic mass is 32.2. The molecule has 160 valence electrons. The van der Waals surface area contributed by atoms with Gasteiger partial charge in [0.2, 0.25) is 5.91 Å². The SMILES string of the molecule is CSc1ccc(NC(=O)CN2CCN(c3ccc([N+](=O)[O-])c4cnccc34)CC2)cc1. The number of nitrogens with zero attached hydrogens (tertiary/aromatic N) is 4. The molecular formula is C22H23N5O3S. The summed E-state index contributed by atoms with van der Waals surface area (Å²) in [5, 5.41) is 15.6. The van der Waals surface area contributed by atoms with E-state index in [1.165, 1.54) is 0 Å². The lowest BCUT2D eigenvalue weighted by Crippen LogP contribution is -2.48. The molecule has 3 aromatic rings. The molecule has 0 unspecified atom stereocenters. The molecule has 8 nitrogen and oxygen atoms in total. The summed E-state index contributed by atoms with van der Waals surface area (Å²) < 4.78 is 0. The Hall–Kier alpha value is -3.17. The average Bonchev–Trinajstić information content (AvgIpc) is 2.79. The number of carbonyl (C=O) groups excluding carboxylic acids is 1. The van der Waals surface area contributed by atoms with Crippen LogP contribution in [0.1, 0.15) is 0 Å². The number of anilines is 2. The number of pyridine rings is 1. The summed E-state index contributed by atoms with van der Waals surface area (Å²) in [4.78, 5) is 32.9. The van der Waals surface area contributed by atoms with Gasteiger partial charge in [-0.25, -0.2) is 0 Å². The van der Waals surface area contributed by atoms with Crippen LogP contribution in [0.3, 0.4) is 0 Å². The molecular weight excluding hydrogens is 414 g/mol. The number of benzene rings is 2. The van der Waals surface area contributed by atoms with Crippen molar-refractivity contribution in [3.05, 3.63) is 65.0 Å². The molecule has 1 amide bonds. The van der Waals surface area contributed by atoms with Crippen molar-refractivity contribution in [2.45, 2.75) is 4.90 Å². The monoisotopic (exact) mass is 437 g/mol. The summed E-state index contributed by atoms with van der Waals surface area (Å²) in [6.07, 6.45) is 5.22. The number of nitro benzene ring substituents is 1. The van der Waals surface area contributed by atoms with Crippen LogP contribution < -0.4 is 10.2 Å². The molecule has 1 fully saturated rings. The van der Waals surface area contributed by atoms with Gasteiger partial charge in [-0.15, -0.1) is 11.8 Å². The number of aromatic nitrogens is 1. The van der Waals surface area contributed by atoms with E-state index in [0.717, 1.165) is 47.8 Å². The molecule has 0 atom stereocenters. The van der Waals surface area contributed by atoms with E-state index in [2.05, 4.69) is 20.1 Å². The van der Waals surface area contributed by atoms with E-state index in [9.17, 15) is 14.9 Å². The van der Waals surface area contributed by atoms with Crippen molar-refractivity contribution >= 4 is 45.5 Å². The van der Waals surface area contributed by atoms with Gasteiger partial charge in [0.1, 0.15) is 0 Å². The van der Waals surface area contributed by atoms with Crippen molar-refractivity contribution in [1.29, 1.82) is 0 Å². The molecule has 2 aromatic carbocycles. The second-order valence-corrected chi connectivity index (χ2v) is 8.20. The maximum absolute atomic E-state index is 12.4. The number of non-ortho nitro benzene ring substituents is 1. The first-order valence-electron chi connectivity index (χ1n) is 9.97. The molecule has 0 bridgehead atoms. The summed E-state index contributed by atoms with van der Waals surface area (Å²) in [5.74, 6) is -0.0304.